The molecule has 0 bridgehead atoms. The van der Waals surface area contributed by atoms with E-state index in [4.69, 9.17) is 4.74 Å². The van der Waals surface area contributed by atoms with E-state index >= 15 is 0 Å². The molecule has 1 N–H and O–H groups in total. The Hall–Kier alpha value is -1.18. The van der Waals surface area contributed by atoms with Gasteiger partial charge >= 0.3 is 0 Å². The Balaban J connectivity index is 3.60. The van der Waals surface area contributed by atoms with Crippen LogP contribution in [0, 0.1) is 0 Å². The van der Waals surface area contributed by atoms with Crippen LogP contribution in [0.25, 0.3) is 0 Å². The van der Waals surface area contributed by atoms with Gasteiger partial charge in [-0.3, -0.25) is 0 Å². The van der Waals surface area contributed by atoms with Gasteiger partial charge in [0.2, 0.25) is 0 Å². The number of anilines is 1. The van der Waals surface area contributed by atoms with E-state index in [1.54, 1.807) is 0 Å². The van der Waals surface area contributed by atoms with Crippen LogP contribution in [-0.2, 0) is 10.8 Å². The maximum absolute atomic E-state index is 5.99. The van der Waals surface area contributed by atoms with Crippen molar-refractivity contribution in [2.45, 2.75) is 59.3 Å². The van der Waals surface area contributed by atoms with Gasteiger partial charge in [-0.05, 0) is 29.9 Å². The van der Waals surface area contributed by atoms with Crippen molar-refractivity contribution in [1.82, 2.24) is 0 Å². The molecule has 0 aliphatic heterocycles. The molecule has 2 nitrogen and oxygen atoms in total. The van der Waals surface area contributed by atoms with Gasteiger partial charge in [0, 0.05) is 23.9 Å². The van der Waals surface area contributed by atoms with Crippen molar-refractivity contribution in [2.75, 3.05) is 19.0 Å². The zero-order valence-corrected chi connectivity index (χ0v) is 13.8. The smallest absolute Gasteiger partial charge is 0.126 e. The molecule has 19 heavy (non-hydrogen) atoms. The molecule has 0 heterocycles. The van der Waals surface area contributed by atoms with Crippen LogP contribution in [0.4, 0.5) is 5.69 Å². The van der Waals surface area contributed by atoms with Gasteiger partial charge in [-0.15, -0.1) is 0 Å². The topological polar surface area (TPSA) is 21.3 Å². The Bertz CT molecular complexity index is 401. The highest BCUT2D eigenvalue weighted by atomic mass is 16.5. The summed E-state index contributed by atoms with van der Waals surface area (Å²) in [6, 6.07) is 4.42. The summed E-state index contributed by atoms with van der Waals surface area (Å²) in [5.74, 6) is 1.06. The Kier molecular flexibility index (Phi) is 4.54. The third kappa shape index (κ3) is 3.65. The Morgan fingerprint density at radius 2 is 1.37 bits per heavy atom. The zero-order valence-electron chi connectivity index (χ0n) is 13.8. The minimum absolute atomic E-state index is 0.0668. The van der Waals surface area contributed by atoms with E-state index < -0.39 is 0 Å². The quantitative estimate of drug-likeness (QED) is 0.852. The second kappa shape index (κ2) is 5.44. The number of benzene rings is 1. The SMILES string of the molecule is CCOc1c(C(C)(C)C)cc(NC)cc1C(C)(C)C. The van der Waals surface area contributed by atoms with E-state index in [2.05, 4.69) is 59.0 Å². The van der Waals surface area contributed by atoms with Crippen LogP contribution in [0.2, 0.25) is 0 Å². The van der Waals surface area contributed by atoms with Crippen molar-refractivity contribution >= 4 is 5.69 Å². The molecule has 0 unspecified atom stereocenters. The number of hydrogen-bond donors (Lipinski definition) is 1. The molecule has 1 rings (SSSR count). The summed E-state index contributed by atoms with van der Waals surface area (Å²) in [5.41, 5.74) is 3.82. The minimum atomic E-state index is 0.0668. The molecule has 0 saturated carbocycles. The van der Waals surface area contributed by atoms with Crippen LogP contribution in [0.1, 0.15) is 59.6 Å². The Labute approximate surface area is 118 Å². The van der Waals surface area contributed by atoms with Crippen molar-refractivity contribution in [2.24, 2.45) is 0 Å². The van der Waals surface area contributed by atoms with Crippen LogP contribution >= 0.6 is 0 Å². The lowest BCUT2D eigenvalue weighted by molar-refractivity contribution is 0.319. The van der Waals surface area contributed by atoms with Crippen molar-refractivity contribution in [1.29, 1.82) is 0 Å². The largest absolute Gasteiger partial charge is 0.493 e. The molecule has 0 fully saturated rings. The normalized spacial score (nSPS) is 12.4. The predicted octanol–water partition coefficient (Wildman–Crippen LogP) is 4.72. The van der Waals surface area contributed by atoms with Crippen LogP contribution in [0.5, 0.6) is 5.75 Å². The summed E-state index contributed by atoms with van der Waals surface area (Å²) in [6.45, 7) is 16.1. The maximum atomic E-state index is 5.99. The molecule has 0 aromatic heterocycles. The van der Waals surface area contributed by atoms with Crippen molar-refractivity contribution < 1.29 is 4.74 Å². The molecule has 0 amide bonds. The number of ether oxygens (including phenoxy) is 1. The van der Waals surface area contributed by atoms with Gasteiger partial charge in [-0.1, -0.05) is 41.5 Å². The van der Waals surface area contributed by atoms with Gasteiger partial charge in [-0.25, -0.2) is 0 Å². The molecule has 1 aromatic carbocycles. The molecule has 1 aromatic rings. The van der Waals surface area contributed by atoms with E-state index in [1.165, 1.54) is 11.1 Å². The first kappa shape index (κ1) is 15.9. The zero-order chi connectivity index (χ0) is 14.8. The molecule has 0 aliphatic rings. The second-order valence-corrected chi connectivity index (χ2v) is 7.08. The van der Waals surface area contributed by atoms with E-state index in [0.29, 0.717) is 6.61 Å². The average molecular weight is 263 g/mol. The lowest BCUT2D eigenvalue weighted by Gasteiger charge is -2.30. The van der Waals surface area contributed by atoms with Crippen molar-refractivity contribution in [3.05, 3.63) is 23.3 Å². The molecular weight excluding hydrogens is 234 g/mol. The molecule has 0 saturated heterocycles. The third-order valence-corrected chi connectivity index (χ3v) is 3.28. The van der Waals surface area contributed by atoms with E-state index in [-0.39, 0.29) is 10.8 Å². The summed E-state index contributed by atoms with van der Waals surface area (Å²) in [5, 5.41) is 3.27. The second-order valence-electron chi connectivity index (χ2n) is 7.08. The van der Waals surface area contributed by atoms with E-state index in [1.807, 2.05) is 14.0 Å². The minimum Gasteiger partial charge on any atom is -0.493 e. The maximum Gasteiger partial charge on any atom is 0.126 e. The molecule has 2 heteroatoms. The summed E-state index contributed by atoms with van der Waals surface area (Å²) < 4.78 is 5.99. The Morgan fingerprint density at radius 3 is 1.63 bits per heavy atom. The molecule has 0 spiro atoms. The summed E-state index contributed by atoms with van der Waals surface area (Å²) in [6.07, 6.45) is 0. The van der Waals surface area contributed by atoms with Gasteiger partial charge < -0.3 is 10.1 Å². The van der Waals surface area contributed by atoms with Gasteiger partial charge in [-0.2, -0.15) is 0 Å². The van der Waals surface area contributed by atoms with Gasteiger partial charge in [0.15, 0.2) is 0 Å². The highest BCUT2D eigenvalue weighted by Crippen LogP contribution is 2.41. The number of rotatable bonds is 3. The fraction of sp³-hybridized carbons (Fsp3) is 0.647. The van der Waals surface area contributed by atoms with E-state index in [9.17, 15) is 0 Å². The average Bonchev–Trinajstić information content (AvgIpc) is 2.26. The van der Waals surface area contributed by atoms with Crippen LogP contribution < -0.4 is 10.1 Å². The lowest BCUT2D eigenvalue weighted by Crippen LogP contribution is -2.20. The van der Waals surface area contributed by atoms with Gasteiger partial charge in [0.1, 0.15) is 5.75 Å². The van der Waals surface area contributed by atoms with E-state index in [0.717, 1.165) is 11.4 Å². The lowest BCUT2D eigenvalue weighted by atomic mass is 9.79. The number of nitrogens with one attached hydrogen (secondary N) is 1. The highest BCUT2D eigenvalue weighted by molar-refractivity contribution is 5.59. The molecule has 0 aliphatic carbocycles. The Morgan fingerprint density at radius 1 is 0.947 bits per heavy atom. The third-order valence-electron chi connectivity index (χ3n) is 3.28. The first-order valence-corrected chi connectivity index (χ1v) is 7.10. The molecule has 0 radical (unpaired) electrons. The standard InChI is InChI=1S/C17H29NO/c1-9-19-15-13(16(2,3)4)10-12(18-8)11-14(15)17(5,6)7/h10-11,18H,9H2,1-8H3. The van der Waals surface area contributed by atoms with Crippen LogP contribution in [-0.4, -0.2) is 13.7 Å². The predicted molar refractivity (Wildman–Crippen MR) is 84.6 cm³/mol. The first-order valence-electron chi connectivity index (χ1n) is 7.10. The first-order chi connectivity index (χ1) is 8.61. The highest BCUT2D eigenvalue weighted by Gasteiger charge is 2.27. The molecule has 0 atom stereocenters. The summed E-state index contributed by atoms with van der Waals surface area (Å²) >= 11 is 0. The summed E-state index contributed by atoms with van der Waals surface area (Å²) in [7, 11) is 1.97. The van der Waals surface area contributed by atoms with Crippen molar-refractivity contribution in [3.63, 3.8) is 0 Å². The summed E-state index contributed by atoms with van der Waals surface area (Å²) in [4.78, 5) is 0. The van der Waals surface area contributed by atoms with Crippen molar-refractivity contribution in [3.8, 4) is 5.75 Å². The fourth-order valence-electron chi connectivity index (χ4n) is 2.19. The molecular formula is C17H29NO. The van der Waals surface area contributed by atoms with Gasteiger partial charge in [0.25, 0.3) is 0 Å². The molecule has 108 valence electrons. The van der Waals surface area contributed by atoms with Crippen LogP contribution in [0.15, 0.2) is 12.1 Å². The van der Waals surface area contributed by atoms with Crippen LogP contribution in [0.3, 0.4) is 0 Å². The fourth-order valence-corrected chi connectivity index (χ4v) is 2.19. The number of hydrogen-bond acceptors (Lipinski definition) is 2. The monoisotopic (exact) mass is 263 g/mol. The van der Waals surface area contributed by atoms with Gasteiger partial charge in [0.05, 0.1) is 6.61 Å².